The van der Waals surface area contributed by atoms with Crippen molar-refractivity contribution in [3.63, 3.8) is 0 Å². The first-order chi connectivity index (χ1) is 8.34. The minimum Gasteiger partial charge on any atom is -0.312 e. The first-order valence-corrected chi connectivity index (χ1v) is 5.68. The van der Waals surface area contributed by atoms with Gasteiger partial charge in [-0.05, 0) is 48.4 Å². The van der Waals surface area contributed by atoms with E-state index in [0.717, 1.165) is 25.1 Å². The maximum Gasteiger partial charge on any atom is 0.123 e. The molecule has 0 spiro atoms. The number of nitrogens with one attached hydrogen (secondary N) is 1. The lowest BCUT2D eigenvalue weighted by Gasteiger charge is -2.04. The van der Waals surface area contributed by atoms with Crippen LogP contribution in [0.3, 0.4) is 0 Å². The Hall–Kier alpha value is -1.45. The maximum atomic E-state index is 12.7. The van der Waals surface area contributed by atoms with Gasteiger partial charge in [0, 0.05) is 18.9 Å². The fraction of sp³-hybridized carbons (Fsp3) is 0.214. The number of nitrogens with zero attached hydrogens (tertiary/aromatic N) is 1. The summed E-state index contributed by atoms with van der Waals surface area (Å²) in [7, 11) is 0. The molecule has 1 heterocycles. The second-order valence-electron chi connectivity index (χ2n) is 3.91. The zero-order valence-electron chi connectivity index (χ0n) is 9.97. The molecule has 0 radical (unpaired) electrons. The minimum atomic E-state index is -0.182. The molecule has 1 N–H and O–H groups in total. The van der Waals surface area contributed by atoms with Crippen molar-refractivity contribution in [1.29, 1.82) is 0 Å². The van der Waals surface area contributed by atoms with Crippen LogP contribution in [-0.4, -0.2) is 11.5 Å². The highest BCUT2D eigenvalue weighted by Gasteiger charge is 1.95. The first-order valence-electron chi connectivity index (χ1n) is 5.68. The summed E-state index contributed by atoms with van der Waals surface area (Å²) in [5.74, 6) is -0.182. The van der Waals surface area contributed by atoms with Crippen molar-refractivity contribution in [2.45, 2.75) is 13.0 Å². The van der Waals surface area contributed by atoms with Crippen LogP contribution in [0.2, 0.25) is 0 Å². The molecule has 0 amide bonds. The molecule has 18 heavy (non-hydrogen) atoms. The van der Waals surface area contributed by atoms with Gasteiger partial charge in [0.25, 0.3) is 0 Å². The van der Waals surface area contributed by atoms with Crippen LogP contribution in [0.15, 0.2) is 48.8 Å². The molecular weight excluding hydrogens is 251 g/mol. The third-order valence-electron chi connectivity index (χ3n) is 2.58. The number of aromatic nitrogens is 1. The summed E-state index contributed by atoms with van der Waals surface area (Å²) in [5.41, 5.74) is 2.37. The second-order valence-corrected chi connectivity index (χ2v) is 3.91. The Morgan fingerprint density at radius 2 is 1.61 bits per heavy atom. The Morgan fingerprint density at radius 3 is 2.28 bits per heavy atom. The molecule has 96 valence electrons. The quantitative estimate of drug-likeness (QED) is 0.842. The summed E-state index contributed by atoms with van der Waals surface area (Å²) >= 11 is 0. The molecule has 0 atom stereocenters. The molecule has 1 aromatic heterocycles. The molecule has 0 aliphatic carbocycles. The van der Waals surface area contributed by atoms with E-state index in [1.807, 2.05) is 24.3 Å². The molecule has 0 aliphatic rings. The van der Waals surface area contributed by atoms with Crippen LogP contribution in [0.4, 0.5) is 4.39 Å². The molecule has 0 aliphatic heterocycles. The van der Waals surface area contributed by atoms with Crippen LogP contribution in [-0.2, 0) is 13.0 Å². The molecular formula is C14H16ClFN2. The fourth-order valence-corrected chi connectivity index (χ4v) is 1.62. The number of rotatable bonds is 5. The minimum absolute atomic E-state index is 0. The Balaban J connectivity index is 0.00000162. The van der Waals surface area contributed by atoms with Crippen LogP contribution >= 0.6 is 12.4 Å². The monoisotopic (exact) mass is 266 g/mol. The van der Waals surface area contributed by atoms with Crippen molar-refractivity contribution in [3.05, 3.63) is 65.7 Å². The van der Waals surface area contributed by atoms with Crippen LogP contribution < -0.4 is 5.32 Å². The fourth-order valence-electron chi connectivity index (χ4n) is 1.62. The smallest absolute Gasteiger partial charge is 0.123 e. The van der Waals surface area contributed by atoms with Crippen molar-refractivity contribution in [2.75, 3.05) is 6.54 Å². The van der Waals surface area contributed by atoms with E-state index in [4.69, 9.17) is 0 Å². The molecule has 0 fully saturated rings. The summed E-state index contributed by atoms with van der Waals surface area (Å²) in [5, 5.41) is 3.34. The SMILES string of the molecule is Cl.Fc1ccc(CCNCc2ccncc2)cc1. The molecule has 0 unspecified atom stereocenters. The van der Waals surface area contributed by atoms with Crippen molar-refractivity contribution >= 4 is 12.4 Å². The lowest BCUT2D eigenvalue weighted by atomic mass is 10.1. The van der Waals surface area contributed by atoms with Crippen LogP contribution in [0.1, 0.15) is 11.1 Å². The van der Waals surface area contributed by atoms with Gasteiger partial charge in [0.2, 0.25) is 0 Å². The van der Waals surface area contributed by atoms with Crippen LogP contribution in [0.25, 0.3) is 0 Å². The average Bonchev–Trinajstić information content (AvgIpc) is 2.38. The van der Waals surface area contributed by atoms with E-state index in [9.17, 15) is 4.39 Å². The Labute approximate surface area is 113 Å². The zero-order valence-corrected chi connectivity index (χ0v) is 10.8. The van der Waals surface area contributed by atoms with E-state index in [1.54, 1.807) is 12.4 Å². The number of benzene rings is 1. The lowest BCUT2D eigenvalue weighted by Crippen LogP contribution is -2.16. The molecule has 4 heteroatoms. The van der Waals surface area contributed by atoms with Crippen LogP contribution in [0, 0.1) is 5.82 Å². The van der Waals surface area contributed by atoms with Gasteiger partial charge in [0.05, 0.1) is 0 Å². The summed E-state index contributed by atoms with van der Waals surface area (Å²) in [4.78, 5) is 3.97. The summed E-state index contributed by atoms with van der Waals surface area (Å²) in [6.45, 7) is 1.72. The van der Waals surface area contributed by atoms with E-state index in [1.165, 1.54) is 17.7 Å². The van der Waals surface area contributed by atoms with Crippen molar-refractivity contribution in [3.8, 4) is 0 Å². The predicted octanol–water partition coefficient (Wildman–Crippen LogP) is 2.97. The summed E-state index contributed by atoms with van der Waals surface area (Å²) in [6, 6.07) is 10.6. The zero-order chi connectivity index (χ0) is 11.9. The van der Waals surface area contributed by atoms with E-state index in [0.29, 0.717) is 0 Å². The molecule has 2 rings (SSSR count). The van der Waals surface area contributed by atoms with Gasteiger partial charge in [-0.3, -0.25) is 4.98 Å². The third kappa shape index (κ3) is 4.82. The van der Waals surface area contributed by atoms with Crippen molar-refractivity contribution in [2.24, 2.45) is 0 Å². The van der Waals surface area contributed by atoms with Gasteiger partial charge in [-0.2, -0.15) is 0 Å². The van der Waals surface area contributed by atoms with E-state index in [2.05, 4.69) is 10.3 Å². The predicted molar refractivity (Wildman–Crippen MR) is 73.3 cm³/mol. The summed E-state index contributed by atoms with van der Waals surface area (Å²) < 4.78 is 12.7. The van der Waals surface area contributed by atoms with Gasteiger partial charge < -0.3 is 5.32 Å². The normalized spacial score (nSPS) is 9.83. The maximum absolute atomic E-state index is 12.7. The Kier molecular flexibility index (Phi) is 6.33. The average molecular weight is 267 g/mol. The molecule has 2 nitrogen and oxygen atoms in total. The Bertz CT molecular complexity index is 445. The molecule has 0 saturated heterocycles. The highest BCUT2D eigenvalue weighted by molar-refractivity contribution is 5.85. The van der Waals surface area contributed by atoms with E-state index in [-0.39, 0.29) is 18.2 Å². The van der Waals surface area contributed by atoms with Gasteiger partial charge in [-0.25, -0.2) is 4.39 Å². The van der Waals surface area contributed by atoms with Gasteiger partial charge in [-0.15, -0.1) is 12.4 Å². The number of pyridine rings is 1. The second kappa shape index (κ2) is 7.80. The number of hydrogen-bond acceptors (Lipinski definition) is 2. The topological polar surface area (TPSA) is 24.9 Å². The first kappa shape index (κ1) is 14.6. The van der Waals surface area contributed by atoms with Gasteiger partial charge in [-0.1, -0.05) is 12.1 Å². The van der Waals surface area contributed by atoms with E-state index >= 15 is 0 Å². The molecule has 1 aromatic carbocycles. The standard InChI is InChI=1S/C14H15FN2.ClH/c15-14-3-1-12(2-4-14)5-10-17-11-13-6-8-16-9-7-13;/h1-4,6-9,17H,5,10-11H2;1H. The third-order valence-corrected chi connectivity index (χ3v) is 2.58. The lowest BCUT2D eigenvalue weighted by molar-refractivity contribution is 0.626. The molecule has 0 saturated carbocycles. The van der Waals surface area contributed by atoms with E-state index < -0.39 is 0 Å². The molecule has 0 bridgehead atoms. The highest BCUT2D eigenvalue weighted by Crippen LogP contribution is 2.03. The molecule has 2 aromatic rings. The number of hydrogen-bond donors (Lipinski definition) is 1. The largest absolute Gasteiger partial charge is 0.312 e. The van der Waals surface area contributed by atoms with Crippen molar-refractivity contribution in [1.82, 2.24) is 10.3 Å². The van der Waals surface area contributed by atoms with Crippen molar-refractivity contribution < 1.29 is 4.39 Å². The van der Waals surface area contributed by atoms with Gasteiger partial charge in [0.1, 0.15) is 5.82 Å². The van der Waals surface area contributed by atoms with Gasteiger partial charge >= 0.3 is 0 Å². The number of halogens is 2. The van der Waals surface area contributed by atoms with Crippen LogP contribution in [0.5, 0.6) is 0 Å². The Morgan fingerprint density at radius 1 is 0.944 bits per heavy atom. The van der Waals surface area contributed by atoms with Gasteiger partial charge in [0.15, 0.2) is 0 Å². The summed E-state index contributed by atoms with van der Waals surface area (Å²) in [6.07, 6.45) is 4.49. The highest BCUT2D eigenvalue weighted by atomic mass is 35.5.